The Morgan fingerprint density at radius 1 is 1.29 bits per heavy atom. The average Bonchev–Trinajstić information content (AvgIpc) is 2.37. The maximum Gasteiger partial charge on any atom is 0.252 e. The van der Waals surface area contributed by atoms with Crippen molar-refractivity contribution in [2.45, 2.75) is 44.8 Å². The number of hydrogen-bond acceptors (Lipinski definition) is 2. The monoisotopic (exact) mass is 325 g/mol. The van der Waals surface area contributed by atoms with Crippen LogP contribution in [0.5, 0.6) is 5.88 Å². The number of aromatic nitrogens is 1. The van der Waals surface area contributed by atoms with Crippen molar-refractivity contribution in [1.82, 2.24) is 4.98 Å². The summed E-state index contributed by atoms with van der Waals surface area (Å²) in [5.41, 5.74) is 1.17. The average molecular weight is 326 g/mol. The van der Waals surface area contributed by atoms with Crippen molar-refractivity contribution in [3.05, 3.63) is 35.6 Å². The molecule has 0 aliphatic carbocycles. The molecule has 1 heterocycles. The summed E-state index contributed by atoms with van der Waals surface area (Å²) in [6.07, 6.45) is 0. The molecule has 0 spiro atoms. The van der Waals surface area contributed by atoms with Crippen LogP contribution in [0.15, 0.2) is 24.3 Å². The van der Waals surface area contributed by atoms with Gasteiger partial charge in [0.1, 0.15) is 11.3 Å². The molecule has 1 aromatic heterocycles. The van der Waals surface area contributed by atoms with Crippen molar-refractivity contribution in [2.24, 2.45) is 0 Å². The summed E-state index contributed by atoms with van der Waals surface area (Å²) >= 11 is 6.00. The molecule has 0 fully saturated rings. The molecule has 0 saturated carbocycles. The SMILES string of the molecule is CC(C)(C)[Si](C)(C)Oc1cc(CCl)c2cccc(F)c2n1. The van der Waals surface area contributed by atoms with E-state index < -0.39 is 8.32 Å². The number of alkyl halides is 1. The number of halogens is 2. The molecule has 2 rings (SSSR count). The third-order valence-electron chi connectivity index (χ3n) is 4.16. The molecule has 0 aliphatic rings. The van der Waals surface area contributed by atoms with Crippen LogP contribution in [0.1, 0.15) is 26.3 Å². The smallest absolute Gasteiger partial charge is 0.252 e. The van der Waals surface area contributed by atoms with E-state index in [9.17, 15) is 4.39 Å². The molecule has 0 bridgehead atoms. The third kappa shape index (κ3) is 3.21. The van der Waals surface area contributed by atoms with Crippen LogP contribution in [0.2, 0.25) is 18.1 Å². The van der Waals surface area contributed by atoms with Gasteiger partial charge >= 0.3 is 0 Å². The maximum atomic E-state index is 14.0. The van der Waals surface area contributed by atoms with Gasteiger partial charge in [0, 0.05) is 17.3 Å². The molecule has 0 unspecified atom stereocenters. The third-order valence-corrected chi connectivity index (χ3v) is 8.78. The lowest BCUT2D eigenvalue weighted by Gasteiger charge is -2.36. The first-order chi connectivity index (χ1) is 9.65. The van der Waals surface area contributed by atoms with Gasteiger partial charge in [0.05, 0.1) is 0 Å². The van der Waals surface area contributed by atoms with Crippen LogP contribution in [-0.2, 0) is 5.88 Å². The summed E-state index contributed by atoms with van der Waals surface area (Å²) in [6.45, 7) is 10.7. The highest BCUT2D eigenvalue weighted by Gasteiger charge is 2.39. The van der Waals surface area contributed by atoms with Gasteiger partial charge in [-0.2, -0.15) is 0 Å². The Balaban J connectivity index is 2.54. The van der Waals surface area contributed by atoms with E-state index in [2.05, 4.69) is 38.8 Å². The predicted octanol–water partition coefficient (Wildman–Crippen LogP) is 5.50. The second-order valence-corrected chi connectivity index (χ2v) is 11.7. The molecule has 0 aliphatic heterocycles. The Morgan fingerprint density at radius 3 is 2.52 bits per heavy atom. The normalized spacial score (nSPS) is 12.7. The minimum Gasteiger partial charge on any atom is -0.531 e. The van der Waals surface area contributed by atoms with Crippen molar-refractivity contribution in [2.75, 3.05) is 0 Å². The Kier molecular flexibility index (Phi) is 4.31. The molecule has 0 radical (unpaired) electrons. The number of nitrogens with zero attached hydrogens (tertiary/aromatic N) is 1. The van der Waals surface area contributed by atoms with Crippen molar-refractivity contribution >= 4 is 30.8 Å². The highest BCUT2D eigenvalue weighted by molar-refractivity contribution is 6.74. The number of benzene rings is 1. The minimum absolute atomic E-state index is 0.0556. The van der Waals surface area contributed by atoms with Gasteiger partial charge in [0.15, 0.2) is 0 Å². The number of fused-ring (bicyclic) bond motifs is 1. The van der Waals surface area contributed by atoms with E-state index in [-0.39, 0.29) is 10.9 Å². The summed E-state index contributed by atoms with van der Waals surface area (Å²) in [7, 11) is -2.01. The van der Waals surface area contributed by atoms with Crippen LogP contribution in [0.4, 0.5) is 4.39 Å². The number of rotatable bonds is 3. The Labute approximate surface area is 131 Å². The minimum atomic E-state index is -2.01. The summed E-state index contributed by atoms with van der Waals surface area (Å²) in [6, 6.07) is 6.74. The summed E-state index contributed by atoms with van der Waals surface area (Å²) in [4.78, 5) is 4.36. The van der Waals surface area contributed by atoms with Gasteiger partial charge in [0.2, 0.25) is 5.88 Å². The van der Waals surface area contributed by atoms with Gasteiger partial charge in [-0.05, 0) is 29.8 Å². The zero-order chi connectivity index (χ0) is 15.8. The van der Waals surface area contributed by atoms with Crippen LogP contribution in [-0.4, -0.2) is 13.3 Å². The quantitative estimate of drug-likeness (QED) is 0.549. The van der Waals surface area contributed by atoms with Gasteiger partial charge in [-0.3, -0.25) is 0 Å². The van der Waals surface area contributed by atoms with Crippen LogP contribution < -0.4 is 4.43 Å². The largest absolute Gasteiger partial charge is 0.531 e. The zero-order valence-corrected chi connectivity index (χ0v) is 14.9. The van der Waals surface area contributed by atoms with E-state index in [4.69, 9.17) is 16.0 Å². The number of para-hydroxylation sites is 1. The summed E-state index contributed by atoms with van der Waals surface area (Å²) < 4.78 is 20.2. The molecule has 5 heteroatoms. The first-order valence-electron chi connectivity index (χ1n) is 6.99. The van der Waals surface area contributed by atoms with Gasteiger partial charge in [-0.25, -0.2) is 9.37 Å². The van der Waals surface area contributed by atoms with Crippen molar-refractivity contribution < 1.29 is 8.82 Å². The van der Waals surface area contributed by atoms with Crippen LogP contribution in [0.3, 0.4) is 0 Å². The van der Waals surface area contributed by atoms with E-state index in [1.807, 2.05) is 12.1 Å². The summed E-state index contributed by atoms with van der Waals surface area (Å²) in [5, 5.41) is 0.799. The fraction of sp³-hybridized carbons (Fsp3) is 0.438. The standard InChI is InChI=1S/C16H21ClFNOSi/c1-16(2,3)21(4,5)20-14-9-11(10-17)12-7-6-8-13(18)15(12)19-14/h6-9H,10H2,1-5H3. The highest BCUT2D eigenvalue weighted by Crippen LogP contribution is 2.37. The molecule has 114 valence electrons. The van der Waals surface area contributed by atoms with Gasteiger partial charge in [-0.15, -0.1) is 11.6 Å². The predicted molar refractivity (Wildman–Crippen MR) is 89.1 cm³/mol. The lowest BCUT2D eigenvalue weighted by molar-refractivity contribution is 0.477. The van der Waals surface area contributed by atoms with E-state index >= 15 is 0 Å². The topological polar surface area (TPSA) is 22.1 Å². The Morgan fingerprint density at radius 2 is 1.95 bits per heavy atom. The first kappa shape index (κ1) is 16.2. The second kappa shape index (κ2) is 5.58. The molecule has 0 amide bonds. The lowest BCUT2D eigenvalue weighted by Crippen LogP contribution is -2.44. The molecule has 2 nitrogen and oxygen atoms in total. The van der Waals surface area contributed by atoms with Crippen molar-refractivity contribution in [3.8, 4) is 5.88 Å². The lowest BCUT2D eigenvalue weighted by atomic mass is 10.1. The zero-order valence-electron chi connectivity index (χ0n) is 13.1. The first-order valence-corrected chi connectivity index (χ1v) is 10.4. The van der Waals surface area contributed by atoms with E-state index in [1.54, 1.807) is 6.07 Å². The molecule has 0 saturated heterocycles. The van der Waals surface area contributed by atoms with Crippen LogP contribution in [0, 0.1) is 5.82 Å². The second-order valence-electron chi connectivity index (χ2n) is 6.75. The van der Waals surface area contributed by atoms with Gasteiger partial charge in [0.25, 0.3) is 8.32 Å². The Hall–Kier alpha value is -1.13. The van der Waals surface area contributed by atoms with Crippen LogP contribution in [0.25, 0.3) is 10.9 Å². The van der Waals surface area contributed by atoms with E-state index in [1.165, 1.54) is 6.07 Å². The van der Waals surface area contributed by atoms with Crippen molar-refractivity contribution in [1.29, 1.82) is 0 Å². The summed E-state index contributed by atoms with van der Waals surface area (Å²) in [5.74, 6) is 0.422. The molecule has 2 aromatic rings. The maximum absolute atomic E-state index is 14.0. The fourth-order valence-corrected chi connectivity index (χ4v) is 2.99. The molecular formula is C16H21ClFNOSi. The molecular weight excluding hydrogens is 305 g/mol. The molecule has 1 aromatic carbocycles. The van der Waals surface area contributed by atoms with Crippen molar-refractivity contribution in [3.63, 3.8) is 0 Å². The van der Waals surface area contributed by atoms with E-state index in [0.717, 1.165) is 10.9 Å². The van der Waals surface area contributed by atoms with Gasteiger partial charge < -0.3 is 4.43 Å². The molecule has 21 heavy (non-hydrogen) atoms. The highest BCUT2D eigenvalue weighted by atomic mass is 35.5. The van der Waals surface area contributed by atoms with E-state index in [0.29, 0.717) is 17.3 Å². The molecule has 0 atom stereocenters. The van der Waals surface area contributed by atoms with Crippen LogP contribution >= 0.6 is 11.6 Å². The number of hydrogen-bond donors (Lipinski definition) is 0. The number of pyridine rings is 1. The Bertz CT molecular complexity index is 667. The fourth-order valence-electron chi connectivity index (χ4n) is 1.83. The van der Waals surface area contributed by atoms with Gasteiger partial charge in [-0.1, -0.05) is 32.9 Å². The molecule has 0 N–H and O–H groups in total.